The summed E-state index contributed by atoms with van der Waals surface area (Å²) < 4.78 is 16.2. The van der Waals surface area contributed by atoms with Gasteiger partial charge in [0, 0.05) is 31.2 Å². The van der Waals surface area contributed by atoms with Gasteiger partial charge in [-0.25, -0.2) is 0 Å². The number of hydrogen-bond acceptors (Lipinski definition) is 8. The summed E-state index contributed by atoms with van der Waals surface area (Å²) in [5, 5.41) is 3.63. The summed E-state index contributed by atoms with van der Waals surface area (Å²) in [7, 11) is 4.90. The Hall–Kier alpha value is -8.18. The quantitative estimate of drug-likeness (QED) is 0.114. The van der Waals surface area contributed by atoms with Gasteiger partial charge in [-0.2, -0.15) is 0 Å². The molecule has 7 aromatic carbocycles. The van der Waals surface area contributed by atoms with Crippen LogP contribution in [0.1, 0.15) is 64.6 Å². The highest BCUT2D eigenvalue weighted by atomic mass is 16.5. The zero-order valence-electron chi connectivity index (χ0n) is 42.6. The number of hydrogen-bond donors (Lipinski definition) is 1. The molecule has 0 spiro atoms. The van der Waals surface area contributed by atoms with Crippen molar-refractivity contribution in [2.75, 3.05) is 61.0 Å². The van der Waals surface area contributed by atoms with E-state index in [0.717, 1.165) is 76.2 Å². The average Bonchev–Trinajstić information content (AvgIpc) is 4.06. The van der Waals surface area contributed by atoms with Crippen LogP contribution in [0.25, 0.3) is 0 Å². The summed E-state index contributed by atoms with van der Waals surface area (Å²) in [6.45, 7) is 8.11. The van der Waals surface area contributed by atoms with E-state index in [1.165, 1.54) is 0 Å². The predicted molar refractivity (Wildman–Crippen MR) is 300 cm³/mol. The number of methoxy groups -OCH3 is 3. The number of benzene rings is 7. The Kier molecular flexibility index (Phi) is 17.7. The van der Waals surface area contributed by atoms with Crippen LogP contribution in [0, 0.1) is 16.7 Å². The van der Waals surface area contributed by atoms with Crippen LogP contribution in [-0.4, -0.2) is 64.4 Å². The van der Waals surface area contributed by atoms with Crippen molar-refractivity contribution in [3.63, 3.8) is 0 Å². The van der Waals surface area contributed by atoms with Crippen LogP contribution in [-0.2, 0) is 14.4 Å². The van der Waals surface area contributed by atoms with E-state index in [0.29, 0.717) is 25.3 Å². The van der Waals surface area contributed by atoms with E-state index in [4.69, 9.17) is 19.2 Å². The molecule has 3 aliphatic heterocycles. The van der Waals surface area contributed by atoms with Crippen LogP contribution >= 0.6 is 0 Å². The van der Waals surface area contributed by atoms with Gasteiger partial charge in [0.05, 0.1) is 66.7 Å². The highest BCUT2D eigenvalue weighted by Gasteiger charge is 2.50. The summed E-state index contributed by atoms with van der Waals surface area (Å²) in [5.41, 5.74) is 5.92. The van der Waals surface area contributed by atoms with E-state index in [1.807, 2.05) is 211 Å². The minimum atomic E-state index is -0.724. The minimum absolute atomic E-state index is 0. The normalized spacial score (nSPS) is 19.6. The highest BCUT2D eigenvalue weighted by Crippen LogP contribution is 2.47. The first kappa shape index (κ1) is 53.6. The maximum absolute atomic E-state index is 13.7. The SMILES string of the molecule is C.COc1ccccc1N1CCC(C)C1=O.COc1ccccc1N1CC[C@@](C)(C(=Nc2ccccc2)c2ccccc2)C1=O.COc1ccccc1N1CC[C@@](C)(C(Nc2ccccc2)c2ccccc2)C1=O. The second-order valence-corrected chi connectivity index (χ2v) is 18.9. The van der Waals surface area contributed by atoms with Gasteiger partial charge in [-0.3, -0.25) is 19.4 Å². The number of rotatable bonds is 13. The van der Waals surface area contributed by atoms with Gasteiger partial charge in [-0.05, 0) is 105 Å². The summed E-state index contributed by atoms with van der Waals surface area (Å²) in [6.07, 6.45) is 2.37. The molecule has 3 amide bonds. The number of ether oxygens (including phenoxy) is 3. The molecule has 1 N–H and O–H groups in total. The molecule has 3 fully saturated rings. The third-order valence-corrected chi connectivity index (χ3v) is 14.2. The molecular weight excluding hydrogens is 923 g/mol. The Morgan fingerprint density at radius 1 is 0.541 bits per heavy atom. The van der Waals surface area contributed by atoms with Crippen LogP contribution in [0.15, 0.2) is 199 Å². The maximum Gasteiger partial charge on any atom is 0.239 e. The largest absolute Gasteiger partial charge is 0.495 e. The number of para-hydroxylation sites is 8. The van der Waals surface area contributed by atoms with Crippen LogP contribution in [0.5, 0.6) is 17.2 Å². The fraction of sp³-hybridized carbons (Fsp3) is 0.270. The van der Waals surface area contributed by atoms with Gasteiger partial charge in [0.2, 0.25) is 17.7 Å². The van der Waals surface area contributed by atoms with E-state index in [1.54, 1.807) is 21.3 Å². The number of nitrogens with zero attached hydrogens (tertiary/aromatic N) is 4. The van der Waals surface area contributed by atoms with Gasteiger partial charge in [0.1, 0.15) is 17.2 Å². The molecular formula is C63H69N5O6. The van der Waals surface area contributed by atoms with Gasteiger partial charge in [0.25, 0.3) is 0 Å². The topological polar surface area (TPSA) is 113 Å². The number of carbonyl (C=O) groups excluding carboxylic acids is 3. The lowest BCUT2D eigenvalue weighted by molar-refractivity contribution is -0.125. The second kappa shape index (κ2) is 24.5. The molecule has 74 heavy (non-hydrogen) atoms. The lowest BCUT2D eigenvalue weighted by Crippen LogP contribution is -2.40. The fourth-order valence-electron chi connectivity index (χ4n) is 9.96. The molecule has 7 aromatic rings. The van der Waals surface area contributed by atoms with Gasteiger partial charge in [-0.1, -0.05) is 148 Å². The summed E-state index contributed by atoms with van der Waals surface area (Å²) >= 11 is 0. The Morgan fingerprint density at radius 2 is 0.973 bits per heavy atom. The van der Waals surface area contributed by atoms with Crippen molar-refractivity contribution >= 4 is 51.9 Å². The number of nitrogens with one attached hydrogen (secondary N) is 1. The standard InChI is InChI=1S/C25H26N2O2.C25H24N2O2.C12H15NO2.CH4/c2*1-25(17-18-27(24(25)28)21-15-9-10-16-22(21)29-2)23(19-11-5-3-6-12-19)26-20-13-7-4-8-14-20;1-9-7-8-13(12(9)14)10-5-3-4-6-11(10)15-2;/h3-16,23,26H,17-18H2,1-2H3;3-16H,17-18H2,1-2H3;3-6,9H,7-8H2,1-2H3;1H4/t23?,25-;25-;;/m00../s1. The molecule has 0 aromatic heterocycles. The second-order valence-electron chi connectivity index (χ2n) is 18.9. The van der Waals surface area contributed by atoms with Gasteiger partial charge >= 0.3 is 0 Å². The van der Waals surface area contributed by atoms with Crippen LogP contribution in [0.2, 0.25) is 0 Å². The molecule has 10 rings (SSSR count). The molecule has 0 radical (unpaired) electrons. The molecule has 3 saturated heterocycles. The zero-order valence-corrected chi connectivity index (χ0v) is 42.6. The summed E-state index contributed by atoms with van der Waals surface area (Å²) in [4.78, 5) is 49.7. The Balaban J connectivity index is 0.000000169. The van der Waals surface area contributed by atoms with E-state index in [2.05, 4.69) is 24.4 Å². The average molecular weight is 992 g/mol. The van der Waals surface area contributed by atoms with Crippen molar-refractivity contribution in [1.82, 2.24) is 0 Å². The molecule has 4 atom stereocenters. The molecule has 11 nitrogen and oxygen atoms in total. The molecule has 11 heteroatoms. The monoisotopic (exact) mass is 992 g/mol. The smallest absolute Gasteiger partial charge is 0.239 e. The minimum Gasteiger partial charge on any atom is -0.495 e. The Labute approximate surface area is 437 Å². The van der Waals surface area contributed by atoms with Crippen molar-refractivity contribution in [2.24, 2.45) is 21.7 Å². The molecule has 0 saturated carbocycles. The first-order chi connectivity index (χ1) is 35.5. The van der Waals surface area contributed by atoms with Gasteiger partial charge < -0.3 is 34.2 Å². The summed E-state index contributed by atoms with van der Waals surface area (Å²) in [6, 6.07) is 63.0. The lowest BCUT2D eigenvalue weighted by Gasteiger charge is -2.34. The van der Waals surface area contributed by atoms with Crippen molar-refractivity contribution in [3.8, 4) is 17.2 Å². The third kappa shape index (κ3) is 11.5. The van der Waals surface area contributed by atoms with Crippen LogP contribution < -0.4 is 34.2 Å². The first-order valence-corrected chi connectivity index (χ1v) is 24.9. The van der Waals surface area contributed by atoms with Crippen LogP contribution in [0.3, 0.4) is 0 Å². The van der Waals surface area contributed by atoms with E-state index in [9.17, 15) is 14.4 Å². The van der Waals surface area contributed by atoms with Crippen molar-refractivity contribution < 1.29 is 28.6 Å². The molecule has 0 bridgehead atoms. The third-order valence-electron chi connectivity index (χ3n) is 14.2. The zero-order chi connectivity index (χ0) is 51.4. The molecule has 3 aliphatic rings. The Morgan fingerprint density at radius 3 is 1.47 bits per heavy atom. The number of anilines is 4. The van der Waals surface area contributed by atoms with Crippen molar-refractivity contribution in [2.45, 2.75) is 53.5 Å². The van der Waals surface area contributed by atoms with E-state index >= 15 is 0 Å². The van der Waals surface area contributed by atoms with E-state index < -0.39 is 10.8 Å². The highest BCUT2D eigenvalue weighted by molar-refractivity contribution is 6.22. The number of carbonyl (C=O) groups is 3. The lowest BCUT2D eigenvalue weighted by atomic mass is 9.77. The Bertz CT molecular complexity index is 2990. The number of amides is 3. The fourth-order valence-corrected chi connectivity index (χ4v) is 9.96. The van der Waals surface area contributed by atoms with Crippen molar-refractivity contribution in [3.05, 3.63) is 205 Å². The maximum atomic E-state index is 13.7. The van der Waals surface area contributed by atoms with Gasteiger partial charge in [-0.15, -0.1) is 0 Å². The molecule has 382 valence electrons. The van der Waals surface area contributed by atoms with Crippen LogP contribution in [0.4, 0.5) is 28.4 Å². The summed E-state index contributed by atoms with van der Waals surface area (Å²) in [5.74, 6) is 2.66. The van der Waals surface area contributed by atoms with Gasteiger partial charge in [0.15, 0.2) is 0 Å². The van der Waals surface area contributed by atoms with Crippen molar-refractivity contribution in [1.29, 1.82) is 0 Å². The molecule has 3 heterocycles. The predicted octanol–water partition coefficient (Wildman–Crippen LogP) is 13.3. The number of aliphatic imine (C=N–C) groups is 1. The molecule has 2 unspecified atom stereocenters. The van der Waals surface area contributed by atoms with E-state index in [-0.39, 0.29) is 37.1 Å². The first-order valence-electron chi connectivity index (χ1n) is 24.9. The molecule has 0 aliphatic carbocycles.